The molecule has 2 aliphatic rings. The molecule has 6 nitrogen and oxygen atoms in total. The highest BCUT2D eigenvalue weighted by atomic mass is 16.2. The van der Waals surface area contributed by atoms with Crippen molar-refractivity contribution in [1.29, 1.82) is 0 Å². The molecule has 1 aromatic heterocycles. The van der Waals surface area contributed by atoms with Gasteiger partial charge in [0.1, 0.15) is 0 Å². The van der Waals surface area contributed by atoms with Crippen LogP contribution in [0.4, 0.5) is 0 Å². The SMILES string of the molecule is O=C1CN(Cc2ccn(C3CCCCC3)n2)C(=O)CN1. The topological polar surface area (TPSA) is 67.2 Å². The van der Waals surface area contributed by atoms with Crippen LogP contribution in [0.15, 0.2) is 12.3 Å². The Bertz CT molecular complexity index is 505. The van der Waals surface area contributed by atoms with Gasteiger partial charge in [-0.25, -0.2) is 0 Å². The molecule has 1 aromatic rings. The number of nitrogens with zero attached hydrogens (tertiary/aromatic N) is 3. The van der Waals surface area contributed by atoms with Crippen LogP contribution in [-0.2, 0) is 16.1 Å². The number of hydrogen-bond donors (Lipinski definition) is 1. The van der Waals surface area contributed by atoms with Crippen molar-refractivity contribution in [3.8, 4) is 0 Å². The second-order valence-electron chi connectivity index (χ2n) is 5.61. The van der Waals surface area contributed by atoms with E-state index in [1.807, 2.05) is 16.9 Å². The Hall–Kier alpha value is -1.85. The predicted molar refractivity (Wildman–Crippen MR) is 72.8 cm³/mol. The lowest BCUT2D eigenvalue weighted by molar-refractivity contribution is -0.141. The highest BCUT2D eigenvalue weighted by molar-refractivity contribution is 5.92. The molecule has 0 radical (unpaired) electrons. The molecular formula is C14H20N4O2. The summed E-state index contributed by atoms with van der Waals surface area (Å²) in [7, 11) is 0. The van der Waals surface area contributed by atoms with Gasteiger partial charge in [0.25, 0.3) is 0 Å². The van der Waals surface area contributed by atoms with E-state index in [0.717, 1.165) is 5.69 Å². The van der Waals surface area contributed by atoms with Crippen LogP contribution in [-0.4, -0.2) is 39.6 Å². The normalized spacial score (nSPS) is 21.1. The first-order valence-electron chi connectivity index (χ1n) is 7.31. The molecule has 20 heavy (non-hydrogen) atoms. The summed E-state index contributed by atoms with van der Waals surface area (Å²) in [5.41, 5.74) is 0.860. The quantitative estimate of drug-likeness (QED) is 0.890. The summed E-state index contributed by atoms with van der Waals surface area (Å²) in [4.78, 5) is 24.6. The Balaban J connectivity index is 1.64. The molecule has 0 bridgehead atoms. The zero-order valence-corrected chi connectivity index (χ0v) is 11.5. The maximum absolute atomic E-state index is 11.7. The number of carbonyl (C=O) groups is 2. The van der Waals surface area contributed by atoms with Crippen molar-refractivity contribution in [2.45, 2.75) is 44.7 Å². The minimum atomic E-state index is -0.101. The van der Waals surface area contributed by atoms with Crippen LogP contribution in [0.5, 0.6) is 0 Å². The van der Waals surface area contributed by atoms with E-state index in [0.29, 0.717) is 12.6 Å². The van der Waals surface area contributed by atoms with E-state index in [1.165, 1.54) is 32.1 Å². The highest BCUT2D eigenvalue weighted by Gasteiger charge is 2.24. The third-order valence-electron chi connectivity index (χ3n) is 4.09. The molecular weight excluding hydrogens is 256 g/mol. The molecule has 3 rings (SSSR count). The first-order chi connectivity index (χ1) is 9.72. The smallest absolute Gasteiger partial charge is 0.242 e. The van der Waals surface area contributed by atoms with Crippen LogP contribution >= 0.6 is 0 Å². The molecule has 0 atom stereocenters. The molecule has 1 aliphatic heterocycles. The minimum absolute atomic E-state index is 0.0446. The number of amides is 2. The van der Waals surface area contributed by atoms with Crippen molar-refractivity contribution in [3.05, 3.63) is 18.0 Å². The van der Waals surface area contributed by atoms with Gasteiger partial charge in [0.15, 0.2) is 0 Å². The lowest BCUT2D eigenvalue weighted by Gasteiger charge is -2.26. The number of piperazine rings is 1. The first-order valence-corrected chi connectivity index (χ1v) is 7.31. The summed E-state index contributed by atoms with van der Waals surface area (Å²) in [6, 6.07) is 2.45. The summed E-state index contributed by atoms with van der Waals surface area (Å²) in [6.45, 7) is 0.656. The van der Waals surface area contributed by atoms with E-state index >= 15 is 0 Å². The molecule has 0 spiro atoms. The molecule has 1 N–H and O–H groups in total. The average Bonchev–Trinajstić information content (AvgIpc) is 2.92. The fourth-order valence-corrected chi connectivity index (χ4v) is 2.95. The van der Waals surface area contributed by atoms with Gasteiger partial charge in [-0.3, -0.25) is 14.3 Å². The lowest BCUT2D eigenvalue weighted by atomic mass is 9.96. The number of nitrogens with one attached hydrogen (secondary N) is 1. The molecule has 1 saturated heterocycles. The van der Waals surface area contributed by atoms with Crippen molar-refractivity contribution in [2.75, 3.05) is 13.1 Å². The number of carbonyl (C=O) groups excluding carboxylic acids is 2. The molecule has 2 heterocycles. The maximum atomic E-state index is 11.7. The zero-order chi connectivity index (χ0) is 13.9. The second kappa shape index (κ2) is 5.64. The number of aromatic nitrogens is 2. The predicted octanol–water partition coefficient (Wildman–Crippen LogP) is 0.847. The molecule has 108 valence electrons. The van der Waals surface area contributed by atoms with E-state index < -0.39 is 0 Å². The lowest BCUT2D eigenvalue weighted by Crippen LogP contribution is -2.51. The van der Waals surface area contributed by atoms with Gasteiger partial charge in [-0.15, -0.1) is 0 Å². The second-order valence-corrected chi connectivity index (χ2v) is 5.61. The van der Waals surface area contributed by atoms with Crippen LogP contribution in [0.3, 0.4) is 0 Å². The Morgan fingerprint density at radius 2 is 2.05 bits per heavy atom. The van der Waals surface area contributed by atoms with Gasteiger partial charge in [-0.05, 0) is 18.9 Å². The third kappa shape index (κ3) is 2.84. The van der Waals surface area contributed by atoms with Crippen LogP contribution in [0.25, 0.3) is 0 Å². The number of hydrogen-bond acceptors (Lipinski definition) is 3. The Morgan fingerprint density at radius 3 is 2.85 bits per heavy atom. The van der Waals surface area contributed by atoms with E-state index in [-0.39, 0.29) is 24.9 Å². The van der Waals surface area contributed by atoms with Gasteiger partial charge >= 0.3 is 0 Å². The summed E-state index contributed by atoms with van der Waals surface area (Å²) >= 11 is 0. The summed E-state index contributed by atoms with van der Waals surface area (Å²) in [5.74, 6) is -0.145. The molecule has 1 saturated carbocycles. The van der Waals surface area contributed by atoms with E-state index in [4.69, 9.17) is 0 Å². The average molecular weight is 276 g/mol. The van der Waals surface area contributed by atoms with Gasteiger partial charge in [-0.1, -0.05) is 19.3 Å². The summed E-state index contributed by atoms with van der Waals surface area (Å²) in [6.07, 6.45) is 8.23. The van der Waals surface area contributed by atoms with Gasteiger partial charge in [0, 0.05) is 6.20 Å². The van der Waals surface area contributed by atoms with Gasteiger partial charge in [0.05, 0.1) is 31.4 Å². The Kier molecular flexibility index (Phi) is 3.71. The largest absolute Gasteiger partial charge is 0.345 e. The first kappa shape index (κ1) is 13.1. The van der Waals surface area contributed by atoms with Gasteiger partial charge in [0.2, 0.25) is 11.8 Å². The molecule has 2 fully saturated rings. The molecule has 0 aromatic carbocycles. The summed E-state index contributed by atoms with van der Waals surface area (Å²) < 4.78 is 2.03. The fourth-order valence-electron chi connectivity index (χ4n) is 2.95. The fraction of sp³-hybridized carbons (Fsp3) is 0.643. The van der Waals surface area contributed by atoms with E-state index in [1.54, 1.807) is 4.90 Å². The van der Waals surface area contributed by atoms with Crippen LogP contribution in [0, 0.1) is 0 Å². The van der Waals surface area contributed by atoms with Gasteiger partial charge < -0.3 is 10.2 Å². The standard InChI is InChI=1S/C14H20N4O2/c19-13-10-17(14(20)8-15-13)9-11-6-7-18(16-11)12-4-2-1-3-5-12/h6-7,12H,1-5,8-10H2,(H,15,19). The molecule has 0 unspecified atom stereocenters. The molecule has 2 amide bonds. The van der Waals surface area contributed by atoms with E-state index in [2.05, 4.69) is 10.4 Å². The number of rotatable bonds is 3. The summed E-state index contributed by atoms with van der Waals surface area (Å²) in [5, 5.41) is 7.13. The Morgan fingerprint density at radius 1 is 1.25 bits per heavy atom. The molecule has 6 heteroatoms. The van der Waals surface area contributed by atoms with Gasteiger partial charge in [-0.2, -0.15) is 5.10 Å². The van der Waals surface area contributed by atoms with Crippen LogP contribution in [0.1, 0.15) is 43.8 Å². The van der Waals surface area contributed by atoms with Crippen molar-refractivity contribution < 1.29 is 9.59 Å². The third-order valence-corrected chi connectivity index (χ3v) is 4.09. The van der Waals surface area contributed by atoms with Crippen molar-refractivity contribution in [3.63, 3.8) is 0 Å². The zero-order valence-electron chi connectivity index (χ0n) is 11.5. The molecule has 1 aliphatic carbocycles. The van der Waals surface area contributed by atoms with Crippen molar-refractivity contribution >= 4 is 11.8 Å². The van der Waals surface area contributed by atoms with Crippen LogP contribution < -0.4 is 5.32 Å². The minimum Gasteiger partial charge on any atom is -0.345 e. The maximum Gasteiger partial charge on any atom is 0.242 e. The van der Waals surface area contributed by atoms with Crippen LogP contribution in [0.2, 0.25) is 0 Å². The van der Waals surface area contributed by atoms with Crippen molar-refractivity contribution in [1.82, 2.24) is 20.0 Å². The monoisotopic (exact) mass is 276 g/mol. The van der Waals surface area contributed by atoms with Crippen molar-refractivity contribution in [2.24, 2.45) is 0 Å². The highest BCUT2D eigenvalue weighted by Crippen LogP contribution is 2.27. The Labute approximate surface area is 118 Å². The van der Waals surface area contributed by atoms with E-state index in [9.17, 15) is 9.59 Å².